The zero-order valence-corrected chi connectivity index (χ0v) is 34.5. The molecule has 63 heavy (non-hydrogen) atoms. The summed E-state index contributed by atoms with van der Waals surface area (Å²) in [5.74, 6) is 0.102. The van der Waals surface area contributed by atoms with E-state index in [0.717, 1.165) is 5.69 Å². The van der Waals surface area contributed by atoms with Crippen LogP contribution in [0.3, 0.4) is 0 Å². The third kappa shape index (κ3) is 5.58. The van der Waals surface area contributed by atoms with Gasteiger partial charge >= 0.3 is 0 Å². The zero-order chi connectivity index (χ0) is 41.4. The summed E-state index contributed by atoms with van der Waals surface area (Å²) >= 11 is 0. The minimum Gasteiger partial charge on any atom is -0.309 e. The van der Waals surface area contributed by atoms with Gasteiger partial charge in [0.15, 0.2) is 0 Å². The predicted molar refractivity (Wildman–Crippen MR) is 264 cm³/mol. The second-order valence-electron chi connectivity index (χ2n) is 16.8. The largest absolute Gasteiger partial charge is 0.309 e. The summed E-state index contributed by atoms with van der Waals surface area (Å²) in [7, 11) is 0. The lowest BCUT2D eigenvalue weighted by Gasteiger charge is -2.19. The van der Waals surface area contributed by atoms with Gasteiger partial charge in [0.2, 0.25) is 0 Å². The average Bonchev–Trinajstić information content (AvgIpc) is 4.00. The topological polar surface area (TPSA) is 9.86 Å². The van der Waals surface area contributed by atoms with Crippen molar-refractivity contribution in [3.8, 4) is 55.9 Å². The lowest BCUT2D eigenvalue weighted by molar-refractivity contribution is 1.01. The number of benzene rings is 10. The van der Waals surface area contributed by atoms with E-state index in [2.05, 4.69) is 246 Å². The SMILES string of the molecule is c1ccc(-c2ccc3c(c2)c2ccccc2n3-c2cccc(-c3ccc(C4c5ccccc5-c5cc(-n6c7ccccc7c7ccccc76)ccc54)cc3-c3ccccc3)c2)cc1. The van der Waals surface area contributed by atoms with Crippen molar-refractivity contribution < 1.29 is 0 Å². The summed E-state index contributed by atoms with van der Waals surface area (Å²) < 4.78 is 4.86. The van der Waals surface area contributed by atoms with E-state index < -0.39 is 0 Å². The summed E-state index contributed by atoms with van der Waals surface area (Å²) in [5.41, 5.74) is 21.1. The molecule has 1 atom stereocenters. The van der Waals surface area contributed by atoms with E-state index in [1.54, 1.807) is 0 Å². The van der Waals surface area contributed by atoms with Crippen LogP contribution in [0.5, 0.6) is 0 Å². The van der Waals surface area contributed by atoms with E-state index in [1.807, 2.05) is 0 Å². The molecule has 2 heterocycles. The Morgan fingerprint density at radius 1 is 0.254 bits per heavy atom. The van der Waals surface area contributed by atoms with Crippen LogP contribution in [0.4, 0.5) is 0 Å². The number of nitrogens with zero attached hydrogens (tertiary/aromatic N) is 2. The van der Waals surface area contributed by atoms with E-state index in [0.29, 0.717) is 0 Å². The summed E-state index contributed by atoms with van der Waals surface area (Å²) in [6.07, 6.45) is 0. The Hall–Kier alpha value is -8.20. The molecule has 0 aliphatic heterocycles. The van der Waals surface area contributed by atoms with Crippen LogP contribution in [-0.4, -0.2) is 9.13 Å². The normalized spacial score (nSPS) is 13.2. The number of para-hydroxylation sites is 3. The number of hydrogen-bond donors (Lipinski definition) is 0. The molecular formula is C61H40N2. The Labute approximate surface area is 366 Å². The maximum Gasteiger partial charge on any atom is 0.0541 e. The van der Waals surface area contributed by atoms with Gasteiger partial charge in [-0.3, -0.25) is 0 Å². The van der Waals surface area contributed by atoms with E-state index in [4.69, 9.17) is 0 Å². The highest BCUT2D eigenvalue weighted by Gasteiger charge is 2.31. The quantitative estimate of drug-likeness (QED) is 0.159. The van der Waals surface area contributed by atoms with Crippen LogP contribution in [0.25, 0.3) is 99.5 Å². The molecule has 2 aromatic heterocycles. The van der Waals surface area contributed by atoms with Gasteiger partial charge in [0, 0.05) is 38.8 Å². The first kappa shape index (κ1) is 35.5. The number of rotatable bonds is 6. The summed E-state index contributed by atoms with van der Waals surface area (Å²) in [6.45, 7) is 0. The molecule has 0 spiro atoms. The lowest BCUT2D eigenvalue weighted by atomic mass is 9.85. The van der Waals surface area contributed by atoms with Gasteiger partial charge < -0.3 is 9.13 Å². The van der Waals surface area contributed by atoms with E-state index in [1.165, 1.54) is 110 Å². The molecule has 1 unspecified atom stereocenters. The van der Waals surface area contributed by atoms with Gasteiger partial charge in [-0.05, 0) is 122 Å². The van der Waals surface area contributed by atoms with E-state index in [-0.39, 0.29) is 5.92 Å². The average molecular weight is 801 g/mol. The van der Waals surface area contributed by atoms with Crippen molar-refractivity contribution in [3.63, 3.8) is 0 Å². The van der Waals surface area contributed by atoms with Crippen molar-refractivity contribution in [1.29, 1.82) is 0 Å². The highest BCUT2D eigenvalue weighted by atomic mass is 15.0. The van der Waals surface area contributed by atoms with Crippen LogP contribution in [0.2, 0.25) is 0 Å². The molecule has 1 aliphatic rings. The molecule has 13 rings (SSSR count). The van der Waals surface area contributed by atoms with E-state index in [9.17, 15) is 0 Å². The summed E-state index contributed by atoms with van der Waals surface area (Å²) in [4.78, 5) is 0. The van der Waals surface area contributed by atoms with Gasteiger partial charge in [-0.15, -0.1) is 0 Å². The van der Waals surface area contributed by atoms with E-state index >= 15 is 0 Å². The van der Waals surface area contributed by atoms with Crippen molar-refractivity contribution in [3.05, 3.63) is 253 Å². The Kier molecular flexibility index (Phi) is 8.01. The summed E-state index contributed by atoms with van der Waals surface area (Å²) in [6, 6.07) is 87.2. The molecule has 0 amide bonds. The van der Waals surface area contributed by atoms with Crippen LogP contribution in [0.15, 0.2) is 237 Å². The van der Waals surface area contributed by atoms with Gasteiger partial charge in [-0.2, -0.15) is 0 Å². The molecule has 0 radical (unpaired) electrons. The van der Waals surface area contributed by atoms with Crippen molar-refractivity contribution in [1.82, 2.24) is 9.13 Å². The molecule has 0 N–H and O–H groups in total. The molecule has 1 aliphatic carbocycles. The maximum absolute atomic E-state index is 2.46. The Balaban J connectivity index is 0.950. The molecular weight excluding hydrogens is 761 g/mol. The molecule has 10 aromatic carbocycles. The van der Waals surface area contributed by atoms with Crippen molar-refractivity contribution in [2.45, 2.75) is 5.92 Å². The standard InChI is InChI=1S/C61H40N2/c1-3-16-40(17-4-1)42-31-35-60-56(37-42)51-25-11-14-29-59(51)62(60)45-21-15-20-43(36-45)47-33-30-44(38-54(47)41-18-5-2-6-19-41)61-52-26-8-7-22-48(52)55-39-46(32-34-53(55)61)63-57-27-12-9-23-49(57)50-24-10-13-28-58(50)63/h1-39,61H. The number of fused-ring (bicyclic) bond motifs is 9. The third-order valence-electron chi connectivity index (χ3n) is 13.4. The minimum absolute atomic E-state index is 0.102. The van der Waals surface area contributed by atoms with Crippen molar-refractivity contribution >= 4 is 43.6 Å². The van der Waals surface area contributed by atoms with Crippen molar-refractivity contribution in [2.24, 2.45) is 0 Å². The third-order valence-corrected chi connectivity index (χ3v) is 13.4. The van der Waals surface area contributed by atoms with Crippen LogP contribution in [0, 0.1) is 0 Å². The Morgan fingerprint density at radius 2 is 0.810 bits per heavy atom. The smallest absolute Gasteiger partial charge is 0.0541 e. The molecule has 0 saturated heterocycles. The van der Waals surface area contributed by atoms with Gasteiger partial charge in [0.1, 0.15) is 0 Å². The fourth-order valence-corrected chi connectivity index (χ4v) is 10.6. The van der Waals surface area contributed by atoms with Crippen LogP contribution in [-0.2, 0) is 0 Å². The maximum atomic E-state index is 2.46. The first-order valence-electron chi connectivity index (χ1n) is 21.9. The fraction of sp³-hybridized carbons (Fsp3) is 0.0164. The van der Waals surface area contributed by atoms with Crippen LogP contribution in [0.1, 0.15) is 22.6 Å². The second-order valence-corrected chi connectivity index (χ2v) is 16.8. The van der Waals surface area contributed by atoms with Crippen molar-refractivity contribution in [2.75, 3.05) is 0 Å². The highest BCUT2D eigenvalue weighted by Crippen LogP contribution is 2.50. The predicted octanol–water partition coefficient (Wildman–Crippen LogP) is 16.0. The first-order chi connectivity index (χ1) is 31.3. The molecule has 12 aromatic rings. The second kappa shape index (κ2) is 14.2. The van der Waals surface area contributed by atoms with Gasteiger partial charge in [0.05, 0.1) is 22.1 Å². The van der Waals surface area contributed by atoms with Crippen LogP contribution >= 0.6 is 0 Å². The highest BCUT2D eigenvalue weighted by molar-refractivity contribution is 6.11. The zero-order valence-electron chi connectivity index (χ0n) is 34.5. The number of hydrogen-bond acceptors (Lipinski definition) is 0. The summed E-state index contributed by atoms with van der Waals surface area (Å²) in [5, 5.41) is 5.06. The van der Waals surface area contributed by atoms with Crippen LogP contribution < -0.4 is 0 Å². The molecule has 0 saturated carbocycles. The number of aromatic nitrogens is 2. The fourth-order valence-electron chi connectivity index (χ4n) is 10.6. The molecule has 294 valence electrons. The molecule has 0 fully saturated rings. The van der Waals surface area contributed by atoms with Gasteiger partial charge in [-0.1, -0.05) is 176 Å². The monoisotopic (exact) mass is 800 g/mol. The Morgan fingerprint density at radius 3 is 1.52 bits per heavy atom. The minimum atomic E-state index is 0.102. The first-order valence-corrected chi connectivity index (χ1v) is 21.9. The molecule has 2 nitrogen and oxygen atoms in total. The molecule has 2 heteroatoms. The Bertz CT molecular complexity index is 3680. The molecule has 0 bridgehead atoms. The lowest BCUT2D eigenvalue weighted by Crippen LogP contribution is -2.01. The van der Waals surface area contributed by atoms with Gasteiger partial charge in [-0.25, -0.2) is 0 Å². The van der Waals surface area contributed by atoms with Gasteiger partial charge in [0.25, 0.3) is 0 Å².